The number of aromatic nitrogens is 3. The third-order valence-corrected chi connectivity index (χ3v) is 4.16. The van der Waals surface area contributed by atoms with E-state index in [1.807, 2.05) is 11.6 Å². The summed E-state index contributed by atoms with van der Waals surface area (Å²) in [5, 5.41) is 4.52. The molecule has 2 heterocycles. The molecule has 0 aliphatic rings. The number of halogens is 2. The van der Waals surface area contributed by atoms with Crippen LogP contribution in [0.3, 0.4) is 0 Å². The van der Waals surface area contributed by atoms with Crippen LogP contribution in [0, 0.1) is 5.82 Å². The molecule has 1 unspecified atom stereocenters. The zero-order valence-corrected chi connectivity index (χ0v) is 13.2. The second-order valence-electron chi connectivity index (χ2n) is 4.56. The zero-order chi connectivity index (χ0) is 14.7. The van der Waals surface area contributed by atoms with Gasteiger partial charge >= 0.3 is 0 Å². The van der Waals surface area contributed by atoms with E-state index in [4.69, 9.17) is 5.73 Å². The van der Waals surface area contributed by atoms with E-state index in [0.29, 0.717) is 12.1 Å². The zero-order valence-electron chi connectivity index (χ0n) is 11.6. The van der Waals surface area contributed by atoms with Crippen LogP contribution in [0.25, 0.3) is 0 Å². The number of pyridine rings is 1. The Hall–Kier alpha value is -1.27. The van der Waals surface area contributed by atoms with Crippen molar-refractivity contribution in [3.63, 3.8) is 0 Å². The van der Waals surface area contributed by atoms with Crippen molar-refractivity contribution in [2.75, 3.05) is 0 Å². The number of rotatable bonds is 5. The second-order valence-corrected chi connectivity index (χ2v) is 5.35. The molecule has 0 aliphatic carbocycles. The lowest BCUT2D eigenvalue weighted by Gasteiger charge is -2.13. The Kier molecular flexibility index (Phi) is 4.88. The van der Waals surface area contributed by atoms with Crippen LogP contribution in [0.5, 0.6) is 0 Å². The maximum absolute atomic E-state index is 13.7. The van der Waals surface area contributed by atoms with Crippen LogP contribution in [-0.2, 0) is 19.4 Å². The molecule has 4 nitrogen and oxygen atoms in total. The van der Waals surface area contributed by atoms with Gasteiger partial charge in [0.25, 0.3) is 0 Å². The smallest absolute Gasteiger partial charge is 0.146 e. The minimum atomic E-state index is -0.487. The monoisotopic (exact) mass is 340 g/mol. The van der Waals surface area contributed by atoms with Crippen LogP contribution in [0.1, 0.15) is 37.0 Å². The van der Waals surface area contributed by atoms with E-state index < -0.39 is 6.04 Å². The molecule has 0 spiro atoms. The molecule has 0 bridgehead atoms. The van der Waals surface area contributed by atoms with Crippen molar-refractivity contribution in [1.82, 2.24) is 14.8 Å². The molecule has 2 rings (SSSR count). The van der Waals surface area contributed by atoms with Gasteiger partial charge in [-0.05, 0) is 41.4 Å². The van der Waals surface area contributed by atoms with Crippen molar-refractivity contribution in [3.8, 4) is 0 Å². The third kappa shape index (κ3) is 2.91. The molecule has 0 saturated carbocycles. The molecule has 0 aromatic carbocycles. The molecule has 20 heavy (non-hydrogen) atoms. The summed E-state index contributed by atoms with van der Waals surface area (Å²) in [5.41, 5.74) is 8.38. The first-order chi connectivity index (χ1) is 9.58. The lowest BCUT2D eigenvalue weighted by Crippen LogP contribution is -2.19. The Balaban J connectivity index is 2.30. The van der Waals surface area contributed by atoms with E-state index in [1.165, 1.54) is 6.07 Å². The molecule has 2 N–H and O–H groups in total. The summed E-state index contributed by atoms with van der Waals surface area (Å²) in [6.07, 6.45) is 2.89. The van der Waals surface area contributed by atoms with Gasteiger partial charge in [0.1, 0.15) is 5.82 Å². The van der Waals surface area contributed by atoms with Crippen LogP contribution in [-0.4, -0.2) is 14.8 Å². The first kappa shape index (κ1) is 15.1. The molecule has 0 fully saturated rings. The molecule has 1 atom stereocenters. The standard InChI is InChI=1S/C14H18BrFN4/c1-3-11-13(15)12(20(4-2)19-11)8-10(17)14-9(16)6-5-7-18-14/h5-7,10H,3-4,8,17H2,1-2H3. The van der Waals surface area contributed by atoms with Crippen molar-refractivity contribution in [2.24, 2.45) is 5.73 Å². The lowest BCUT2D eigenvalue weighted by atomic mass is 10.1. The summed E-state index contributed by atoms with van der Waals surface area (Å²) in [5.74, 6) is -0.366. The van der Waals surface area contributed by atoms with Crippen molar-refractivity contribution >= 4 is 15.9 Å². The van der Waals surface area contributed by atoms with Gasteiger partial charge in [-0.2, -0.15) is 5.10 Å². The van der Waals surface area contributed by atoms with E-state index in [2.05, 4.69) is 32.9 Å². The average Bonchev–Trinajstić information content (AvgIpc) is 2.75. The third-order valence-electron chi connectivity index (χ3n) is 3.25. The second kappa shape index (κ2) is 6.45. The lowest BCUT2D eigenvalue weighted by molar-refractivity contribution is 0.541. The van der Waals surface area contributed by atoms with Gasteiger partial charge in [0.05, 0.1) is 27.6 Å². The van der Waals surface area contributed by atoms with Gasteiger partial charge in [0.15, 0.2) is 0 Å². The molecular weight excluding hydrogens is 323 g/mol. The Morgan fingerprint density at radius 2 is 2.20 bits per heavy atom. The van der Waals surface area contributed by atoms with Crippen molar-refractivity contribution in [3.05, 3.63) is 45.7 Å². The quantitative estimate of drug-likeness (QED) is 0.910. The Morgan fingerprint density at radius 3 is 2.80 bits per heavy atom. The molecule has 2 aromatic heterocycles. The number of aryl methyl sites for hydroxylation is 2. The van der Waals surface area contributed by atoms with Crippen molar-refractivity contribution in [1.29, 1.82) is 0 Å². The van der Waals surface area contributed by atoms with Gasteiger partial charge in [-0.15, -0.1) is 0 Å². The minimum Gasteiger partial charge on any atom is -0.322 e. The molecule has 6 heteroatoms. The molecule has 0 saturated heterocycles. The van der Waals surface area contributed by atoms with Crippen LogP contribution >= 0.6 is 15.9 Å². The van der Waals surface area contributed by atoms with Gasteiger partial charge in [-0.25, -0.2) is 4.39 Å². The summed E-state index contributed by atoms with van der Waals surface area (Å²) in [6, 6.07) is 2.46. The van der Waals surface area contributed by atoms with Gasteiger partial charge < -0.3 is 5.73 Å². The van der Waals surface area contributed by atoms with Crippen molar-refractivity contribution < 1.29 is 4.39 Å². The fraction of sp³-hybridized carbons (Fsp3) is 0.429. The van der Waals surface area contributed by atoms with Gasteiger partial charge in [0.2, 0.25) is 0 Å². The number of hydrogen-bond donors (Lipinski definition) is 1. The van der Waals surface area contributed by atoms with Gasteiger partial charge in [-0.3, -0.25) is 9.67 Å². The molecular formula is C14H18BrFN4. The molecule has 2 aromatic rings. The largest absolute Gasteiger partial charge is 0.322 e. The van der Waals surface area contributed by atoms with Crippen LogP contribution in [0.4, 0.5) is 4.39 Å². The summed E-state index contributed by atoms with van der Waals surface area (Å²) in [4.78, 5) is 4.04. The highest BCUT2D eigenvalue weighted by atomic mass is 79.9. The minimum absolute atomic E-state index is 0.293. The fourth-order valence-corrected chi connectivity index (χ4v) is 2.91. The average molecular weight is 341 g/mol. The van der Waals surface area contributed by atoms with Crippen LogP contribution in [0.2, 0.25) is 0 Å². The molecule has 0 amide bonds. The first-order valence-electron chi connectivity index (χ1n) is 6.68. The highest BCUT2D eigenvalue weighted by Gasteiger charge is 2.20. The van der Waals surface area contributed by atoms with E-state index in [0.717, 1.165) is 28.8 Å². The van der Waals surface area contributed by atoms with E-state index >= 15 is 0 Å². The SMILES string of the molecule is CCc1nn(CC)c(CC(N)c2ncccc2F)c1Br. The van der Waals surface area contributed by atoms with Crippen LogP contribution in [0.15, 0.2) is 22.8 Å². The number of hydrogen-bond acceptors (Lipinski definition) is 3. The summed E-state index contributed by atoms with van der Waals surface area (Å²) in [7, 11) is 0. The summed E-state index contributed by atoms with van der Waals surface area (Å²) < 4.78 is 16.6. The predicted octanol–water partition coefficient (Wildman–Crippen LogP) is 3.00. The van der Waals surface area contributed by atoms with Crippen LogP contribution < -0.4 is 5.73 Å². The summed E-state index contributed by atoms with van der Waals surface area (Å²) in [6.45, 7) is 4.83. The topological polar surface area (TPSA) is 56.7 Å². The molecule has 0 radical (unpaired) electrons. The Morgan fingerprint density at radius 1 is 1.45 bits per heavy atom. The Bertz CT molecular complexity index is 597. The van der Waals surface area contributed by atoms with E-state index in [1.54, 1.807) is 12.3 Å². The molecule has 108 valence electrons. The van der Waals surface area contributed by atoms with Crippen molar-refractivity contribution in [2.45, 2.75) is 39.3 Å². The maximum Gasteiger partial charge on any atom is 0.146 e. The fourth-order valence-electron chi connectivity index (χ4n) is 2.19. The normalized spacial score (nSPS) is 12.7. The maximum atomic E-state index is 13.7. The molecule has 0 aliphatic heterocycles. The number of nitrogens with two attached hydrogens (primary N) is 1. The van der Waals surface area contributed by atoms with Gasteiger partial charge in [0, 0.05) is 19.2 Å². The van der Waals surface area contributed by atoms with E-state index in [-0.39, 0.29) is 5.82 Å². The highest BCUT2D eigenvalue weighted by molar-refractivity contribution is 9.10. The Labute approximate surface area is 126 Å². The first-order valence-corrected chi connectivity index (χ1v) is 7.47. The van der Waals surface area contributed by atoms with Gasteiger partial charge in [-0.1, -0.05) is 6.92 Å². The predicted molar refractivity (Wildman–Crippen MR) is 79.8 cm³/mol. The highest BCUT2D eigenvalue weighted by Crippen LogP contribution is 2.26. The number of nitrogens with zero attached hydrogens (tertiary/aromatic N) is 3. The van der Waals surface area contributed by atoms with E-state index in [9.17, 15) is 4.39 Å². The summed E-state index contributed by atoms with van der Waals surface area (Å²) >= 11 is 3.57.